The molecule has 45 heavy (non-hydrogen) atoms. The number of rotatable bonds is 9. The van der Waals surface area contributed by atoms with Gasteiger partial charge < -0.3 is 14.4 Å². The molecule has 6 rings (SSSR count). The zero-order chi connectivity index (χ0) is 31.9. The molecule has 1 N–H and O–H groups in total. The highest BCUT2D eigenvalue weighted by Crippen LogP contribution is 2.45. The monoisotopic (exact) mass is 618 g/mol. The van der Waals surface area contributed by atoms with Crippen LogP contribution in [-0.2, 0) is 19.6 Å². The van der Waals surface area contributed by atoms with Gasteiger partial charge in [0.25, 0.3) is 5.92 Å². The lowest BCUT2D eigenvalue weighted by Gasteiger charge is -2.36. The van der Waals surface area contributed by atoms with E-state index in [0.29, 0.717) is 11.0 Å². The van der Waals surface area contributed by atoms with Crippen LogP contribution in [-0.4, -0.2) is 31.5 Å². The van der Waals surface area contributed by atoms with E-state index in [2.05, 4.69) is 9.97 Å². The van der Waals surface area contributed by atoms with Gasteiger partial charge in [-0.3, -0.25) is 0 Å². The van der Waals surface area contributed by atoms with Crippen LogP contribution in [0.2, 0.25) is 0 Å². The lowest BCUT2D eigenvalue weighted by atomic mass is 9.80. The van der Waals surface area contributed by atoms with Crippen LogP contribution in [0.1, 0.15) is 45.7 Å². The number of carboxylic acids is 1. The van der Waals surface area contributed by atoms with E-state index in [9.17, 15) is 23.1 Å². The molecule has 5 aromatic rings. The van der Waals surface area contributed by atoms with Crippen LogP contribution in [0, 0.1) is 34.7 Å². The Kier molecular flexibility index (Phi) is 7.70. The molecule has 1 atom stereocenters. The number of nitrogens with zero attached hydrogens (tertiary/aromatic N) is 4. The third-order valence-electron chi connectivity index (χ3n) is 7.94. The highest BCUT2D eigenvalue weighted by molar-refractivity contribution is 5.92. The molecular weight excluding hydrogens is 595 g/mol. The van der Waals surface area contributed by atoms with E-state index in [-0.39, 0.29) is 77.6 Å². The van der Waals surface area contributed by atoms with E-state index in [1.54, 1.807) is 0 Å². The van der Waals surface area contributed by atoms with Gasteiger partial charge in [0.15, 0.2) is 0 Å². The molecule has 7 nitrogen and oxygen atoms in total. The summed E-state index contributed by atoms with van der Waals surface area (Å²) >= 11 is 0. The predicted octanol–water partition coefficient (Wildman–Crippen LogP) is 7.30. The summed E-state index contributed by atoms with van der Waals surface area (Å²) < 4.78 is 80.6. The van der Waals surface area contributed by atoms with Gasteiger partial charge in [-0.25, -0.2) is 36.7 Å². The zero-order valence-corrected chi connectivity index (χ0v) is 23.4. The second kappa shape index (κ2) is 11.6. The van der Waals surface area contributed by atoms with Crippen LogP contribution in [0.3, 0.4) is 0 Å². The summed E-state index contributed by atoms with van der Waals surface area (Å²) in [6.45, 7) is -0.376. The Labute approximate surface area is 253 Å². The van der Waals surface area contributed by atoms with Crippen molar-refractivity contribution in [2.75, 3.05) is 0 Å². The molecule has 0 saturated heterocycles. The topological polar surface area (TPSA) is 101 Å². The molecule has 3 aromatic carbocycles. The Morgan fingerprint density at radius 2 is 1.80 bits per heavy atom. The summed E-state index contributed by atoms with van der Waals surface area (Å²) in [5.74, 6) is -7.11. The molecule has 1 aliphatic rings. The van der Waals surface area contributed by atoms with Gasteiger partial charge >= 0.3 is 5.97 Å². The standard InChI is InChI=1S/C33H23F5N4O3/c34-24-10-18(15-39)4-5-20(24)17-45-31-3-1-2-27(41-31)23-14-25(35)21(11-26(23)36)13-30-40-28-7-6-19(32(43)44)12-29(28)42(30)16-22-8-9-33(22,37)38/h1-7,10-12,14,22H,8-9,13,16-17H2,(H,43,44). The minimum absolute atomic E-state index is 0.0300. The third kappa shape index (κ3) is 5.93. The molecule has 1 fully saturated rings. The molecular formula is C33H23F5N4O3. The van der Waals surface area contributed by atoms with E-state index < -0.39 is 35.3 Å². The van der Waals surface area contributed by atoms with Crippen molar-refractivity contribution in [3.05, 3.63) is 112 Å². The van der Waals surface area contributed by atoms with Crippen LogP contribution in [0.5, 0.6) is 5.88 Å². The number of aromatic carboxylic acids is 1. The highest BCUT2D eigenvalue weighted by Gasteiger charge is 2.48. The Morgan fingerprint density at radius 3 is 2.49 bits per heavy atom. The Balaban J connectivity index is 1.27. The number of ether oxygens (including phenoxy) is 1. The highest BCUT2D eigenvalue weighted by atomic mass is 19.3. The van der Waals surface area contributed by atoms with Crippen LogP contribution < -0.4 is 4.74 Å². The Bertz CT molecular complexity index is 2000. The molecule has 1 aliphatic carbocycles. The van der Waals surface area contributed by atoms with E-state index in [0.717, 1.165) is 18.2 Å². The van der Waals surface area contributed by atoms with Crippen LogP contribution in [0.15, 0.2) is 66.7 Å². The fourth-order valence-electron chi connectivity index (χ4n) is 5.28. The summed E-state index contributed by atoms with van der Waals surface area (Å²) in [6, 6.07) is 16.3. The van der Waals surface area contributed by atoms with Gasteiger partial charge in [0.05, 0.1) is 33.9 Å². The quantitative estimate of drug-likeness (QED) is 0.174. The third-order valence-corrected chi connectivity index (χ3v) is 7.94. The lowest BCUT2D eigenvalue weighted by molar-refractivity contribution is -0.137. The summed E-state index contributed by atoms with van der Waals surface area (Å²) in [6.07, 6.45) is -0.236. The number of alkyl halides is 2. The number of hydrogen-bond donors (Lipinski definition) is 1. The van der Waals surface area contributed by atoms with Gasteiger partial charge in [-0.15, -0.1) is 0 Å². The van der Waals surface area contributed by atoms with Crippen molar-refractivity contribution in [1.82, 2.24) is 14.5 Å². The van der Waals surface area contributed by atoms with Gasteiger partial charge in [-0.1, -0.05) is 12.1 Å². The van der Waals surface area contributed by atoms with Gasteiger partial charge in [-0.05, 0) is 60.5 Å². The normalized spacial score (nSPS) is 15.4. The molecule has 2 aromatic heterocycles. The second-order valence-electron chi connectivity index (χ2n) is 10.8. The summed E-state index contributed by atoms with van der Waals surface area (Å²) in [5.41, 5.74) is 0.726. The van der Waals surface area contributed by atoms with E-state index in [1.165, 1.54) is 53.1 Å². The molecule has 0 bridgehead atoms. The number of aromatic nitrogens is 3. The number of pyridine rings is 1. The molecule has 1 saturated carbocycles. The maximum absolute atomic E-state index is 15.5. The van der Waals surface area contributed by atoms with Crippen molar-refractivity contribution in [1.29, 1.82) is 5.26 Å². The summed E-state index contributed by atoms with van der Waals surface area (Å²) in [5, 5.41) is 18.3. The van der Waals surface area contributed by atoms with Crippen molar-refractivity contribution in [3.63, 3.8) is 0 Å². The fraction of sp³-hybridized carbons (Fsp3) is 0.212. The number of carboxylic acid groups (broad SMARTS) is 1. The van der Waals surface area contributed by atoms with E-state index >= 15 is 8.78 Å². The molecule has 228 valence electrons. The SMILES string of the molecule is N#Cc1ccc(COc2cccc(-c3cc(F)c(Cc4nc5ccc(C(=O)O)cc5n4CC4CCC4(F)F)cc3F)n2)c(F)c1. The van der Waals surface area contributed by atoms with Gasteiger partial charge in [-0.2, -0.15) is 5.26 Å². The first-order chi connectivity index (χ1) is 21.5. The van der Waals surface area contributed by atoms with E-state index in [1.807, 2.05) is 6.07 Å². The first-order valence-electron chi connectivity index (χ1n) is 13.9. The van der Waals surface area contributed by atoms with Gasteiger partial charge in [0.1, 0.15) is 29.9 Å². The van der Waals surface area contributed by atoms with Gasteiger partial charge in [0, 0.05) is 42.5 Å². The van der Waals surface area contributed by atoms with E-state index in [4.69, 9.17) is 10.00 Å². The van der Waals surface area contributed by atoms with Crippen molar-refractivity contribution in [2.45, 2.75) is 38.3 Å². The Morgan fingerprint density at radius 1 is 1.00 bits per heavy atom. The first-order valence-corrected chi connectivity index (χ1v) is 13.9. The zero-order valence-electron chi connectivity index (χ0n) is 23.4. The van der Waals surface area contributed by atoms with Crippen LogP contribution in [0.25, 0.3) is 22.3 Å². The average molecular weight is 619 g/mol. The minimum Gasteiger partial charge on any atom is -0.478 e. The number of hydrogen-bond acceptors (Lipinski definition) is 5. The Hall–Kier alpha value is -5.31. The fourth-order valence-corrected chi connectivity index (χ4v) is 5.28. The molecule has 0 spiro atoms. The van der Waals surface area contributed by atoms with Crippen molar-refractivity contribution in [3.8, 4) is 23.2 Å². The largest absolute Gasteiger partial charge is 0.478 e. The number of carbonyl (C=O) groups is 1. The number of halogens is 5. The average Bonchev–Trinajstić information content (AvgIpc) is 3.36. The maximum atomic E-state index is 15.5. The molecule has 0 aliphatic heterocycles. The molecule has 0 radical (unpaired) electrons. The number of imidazole rings is 1. The van der Waals surface area contributed by atoms with Crippen LogP contribution >= 0.6 is 0 Å². The summed E-state index contributed by atoms with van der Waals surface area (Å²) in [4.78, 5) is 20.2. The van der Waals surface area contributed by atoms with Crippen molar-refractivity contribution < 1.29 is 36.6 Å². The predicted molar refractivity (Wildman–Crippen MR) is 152 cm³/mol. The maximum Gasteiger partial charge on any atom is 0.335 e. The van der Waals surface area contributed by atoms with Crippen molar-refractivity contribution >= 4 is 17.0 Å². The second-order valence-corrected chi connectivity index (χ2v) is 10.8. The minimum atomic E-state index is -2.89. The lowest BCUT2D eigenvalue weighted by Crippen LogP contribution is -2.41. The van der Waals surface area contributed by atoms with Gasteiger partial charge in [0.2, 0.25) is 5.88 Å². The summed E-state index contributed by atoms with van der Waals surface area (Å²) in [7, 11) is 0. The first kappa shape index (κ1) is 29.7. The molecule has 2 heterocycles. The van der Waals surface area contributed by atoms with Crippen LogP contribution in [0.4, 0.5) is 22.0 Å². The smallest absolute Gasteiger partial charge is 0.335 e. The molecule has 12 heteroatoms. The number of nitriles is 1. The number of benzene rings is 3. The van der Waals surface area contributed by atoms with Crippen molar-refractivity contribution in [2.24, 2.45) is 5.92 Å². The molecule has 0 amide bonds. The number of fused-ring (bicyclic) bond motifs is 1. The molecule has 1 unspecified atom stereocenters.